The third-order valence-electron chi connectivity index (χ3n) is 5.17. The van der Waals surface area contributed by atoms with Gasteiger partial charge in [-0.15, -0.1) is 4.90 Å². The van der Waals surface area contributed by atoms with E-state index in [2.05, 4.69) is 5.43 Å². The van der Waals surface area contributed by atoms with E-state index in [0.717, 1.165) is 23.4 Å². The lowest BCUT2D eigenvalue weighted by molar-refractivity contribution is -0.135. The minimum absolute atomic E-state index is 0.0741. The largest absolute Gasteiger partial charge is 0.482 e. The van der Waals surface area contributed by atoms with E-state index in [-0.39, 0.29) is 17.5 Å². The van der Waals surface area contributed by atoms with Crippen LogP contribution in [0.25, 0.3) is 0 Å². The number of imide groups is 1. The normalized spacial score (nSPS) is 12.3. The van der Waals surface area contributed by atoms with Crippen LogP contribution in [0.15, 0.2) is 12.1 Å². The van der Waals surface area contributed by atoms with Crippen LogP contribution in [0.2, 0.25) is 10.0 Å². The van der Waals surface area contributed by atoms with Crippen molar-refractivity contribution in [3.63, 3.8) is 0 Å². The summed E-state index contributed by atoms with van der Waals surface area (Å²) in [5, 5.41) is 10.3. The van der Waals surface area contributed by atoms with Gasteiger partial charge >= 0.3 is 12.2 Å². The van der Waals surface area contributed by atoms with E-state index in [1.807, 2.05) is 20.8 Å². The van der Waals surface area contributed by atoms with Crippen LogP contribution in [0.3, 0.4) is 0 Å². The average Bonchev–Trinajstić information content (AvgIpc) is 2.77. The molecule has 1 rings (SSSR count). The van der Waals surface area contributed by atoms with Crippen LogP contribution in [0.4, 0.5) is 9.59 Å². The maximum absolute atomic E-state index is 13.2. The van der Waals surface area contributed by atoms with Gasteiger partial charge in [0.2, 0.25) is 5.96 Å². The Bertz CT molecular complexity index is 1010. The molecular weight excluding hydrogens is 547 g/mol. The van der Waals surface area contributed by atoms with Gasteiger partial charge in [0.15, 0.2) is 6.61 Å². The lowest BCUT2D eigenvalue weighted by atomic mass is 9.98. The van der Waals surface area contributed by atoms with Gasteiger partial charge in [-0.3, -0.25) is 20.6 Å². The number of amides is 3. The Morgan fingerprint density at radius 2 is 1.54 bits per heavy atom. The zero-order chi connectivity index (χ0) is 30.1. The molecule has 12 heteroatoms. The third kappa shape index (κ3) is 11.5. The number of ether oxygens (including phenoxy) is 3. The number of nitrogens with zero attached hydrogens (tertiary/aromatic N) is 2. The number of halogens is 2. The molecule has 0 aliphatic carbocycles. The van der Waals surface area contributed by atoms with E-state index < -0.39 is 41.9 Å². The Kier molecular flexibility index (Phi) is 12.8. The zero-order valence-corrected chi connectivity index (χ0v) is 25.9. The number of hydrogen-bond acceptors (Lipinski definition) is 7. The van der Waals surface area contributed by atoms with Gasteiger partial charge < -0.3 is 14.2 Å². The molecule has 0 fully saturated rings. The van der Waals surface area contributed by atoms with Crippen LogP contribution in [-0.4, -0.2) is 58.3 Å². The molecule has 0 heterocycles. The molecule has 0 bridgehead atoms. The summed E-state index contributed by atoms with van der Waals surface area (Å²) < 4.78 is 16.5. The highest BCUT2D eigenvalue weighted by atomic mass is 35.5. The SMILES string of the molecule is CCCCN(NC(=N)N(C(=O)OC(C)(C)C)C(=O)OC(C)(C)C)C(=O)COc1c(Cl)cc(Cl)cc1C(C)CC. The van der Waals surface area contributed by atoms with E-state index >= 15 is 0 Å². The van der Waals surface area contributed by atoms with Gasteiger partial charge in [0.25, 0.3) is 5.91 Å². The molecule has 2 N–H and O–H groups in total. The molecule has 0 spiro atoms. The molecule has 3 amide bonds. The fraction of sp³-hybridized carbons (Fsp3) is 0.630. The van der Waals surface area contributed by atoms with Crippen LogP contribution in [0.5, 0.6) is 5.75 Å². The van der Waals surface area contributed by atoms with Gasteiger partial charge in [0, 0.05) is 11.6 Å². The van der Waals surface area contributed by atoms with E-state index in [0.29, 0.717) is 22.1 Å². The van der Waals surface area contributed by atoms with Gasteiger partial charge in [-0.25, -0.2) is 9.59 Å². The Balaban J connectivity index is 3.21. The van der Waals surface area contributed by atoms with Gasteiger partial charge in [-0.1, -0.05) is 50.4 Å². The van der Waals surface area contributed by atoms with Crippen molar-refractivity contribution in [2.45, 2.75) is 98.7 Å². The quantitative estimate of drug-likeness (QED) is 0.188. The van der Waals surface area contributed by atoms with Crippen LogP contribution >= 0.6 is 23.2 Å². The Hall–Kier alpha value is -2.72. The topological polar surface area (TPSA) is 121 Å². The van der Waals surface area contributed by atoms with Crippen molar-refractivity contribution in [3.05, 3.63) is 27.7 Å². The van der Waals surface area contributed by atoms with Gasteiger partial charge in [-0.2, -0.15) is 0 Å². The second-order valence-corrected chi connectivity index (χ2v) is 11.9. The maximum atomic E-state index is 13.2. The van der Waals surface area contributed by atoms with Crippen molar-refractivity contribution in [2.24, 2.45) is 0 Å². The molecule has 0 radical (unpaired) electrons. The Morgan fingerprint density at radius 3 is 2.00 bits per heavy atom. The van der Waals surface area contributed by atoms with Crippen LogP contribution in [0.1, 0.15) is 93.1 Å². The zero-order valence-electron chi connectivity index (χ0n) is 24.4. The smallest absolute Gasteiger partial charge is 0.427 e. The first kappa shape index (κ1) is 34.3. The molecule has 220 valence electrons. The van der Waals surface area contributed by atoms with E-state index in [1.165, 1.54) is 6.07 Å². The van der Waals surface area contributed by atoms with Gasteiger partial charge in [-0.05, 0) is 78.0 Å². The first-order chi connectivity index (χ1) is 17.9. The van der Waals surface area contributed by atoms with Crippen LogP contribution in [-0.2, 0) is 14.3 Å². The number of guanidine groups is 1. The van der Waals surface area contributed by atoms with Crippen molar-refractivity contribution >= 4 is 47.3 Å². The van der Waals surface area contributed by atoms with Crippen LogP contribution in [0, 0.1) is 5.41 Å². The fourth-order valence-electron chi connectivity index (χ4n) is 3.14. The summed E-state index contributed by atoms with van der Waals surface area (Å²) in [5.41, 5.74) is 1.42. The highest BCUT2D eigenvalue weighted by Crippen LogP contribution is 2.37. The molecule has 0 aromatic heterocycles. The van der Waals surface area contributed by atoms with Crippen molar-refractivity contribution in [1.82, 2.24) is 15.3 Å². The predicted molar refractivity (Wildman–Crippen MR) is 152 cm³/mol. The predicted octanol–water partition coefficient (Wildman–Crippen LogP) is 7.13. The molecule has 10 nitrogen and oxygen atoms in total. The first-order valence-electron chi connectivity index (χ1n) is 12.9. The molecule has 0 saturated carbocycles. The minimum Gasteiger partial charge on any atom is -0.482 e. The lowest BCUT2D eigenvalue weighted by Crippen LogP contribution is -2.57. The molecule has 0 aliphatic rings. The van der Waals surface area contributed by atoms with E-state index in [9.17, 15) is 14.4 Å². The summed E-state index contributed by atoms with van der Waals surface area (Å²) in [6.07, 6.45) is -0.139. The minimum atomic E-state index is -1.13. The number of hydrazine groups is 1. The Labute approximate surface area is 241 Å². The number of carbonyl (C=O) groups excluding carboxylic acids is 3. The molecule has 0 saturated heterocycles. The highest BCUT2D eigenvalue weighted by molar-refractivity contribution is 6.35. The standard InChI is InChI=1S/C27H42Cl2N4O6/c1-10-12-13-32(21(34)16-37-22-19(17(3)11-2)14-18(28)15-20(22)29)31-23(30)33(24(35)38-26(4,5)6)25(36)39-27(7,8)9/h14-15,17H,10-13,16H2,1-9H3,(H2,30,31). The Morgan fingerprint density at radius 1 is 1.00 bits per heavy atom. The average molecular weight is 590 g/mol. The molecule has 1 aromatic rings. The fourth-order valence-corrected chi connectivity index (χ4v) is 3.70. The molecule has 1 aromatic carbocycles. The van der Waals surface area contributed by atoms with Crippen molar-refractivity contribution in [3.8, 4) is 5.75 Å². The number of rotatable bonds is 8. The number of carbonyl (C=O) groups is 3. The summed E-state index contributed by atoms with van der Waals surface area (Å²) in [5.74, 6) is -0.848. The first-order valence-corrected chi connectivity index (χ1v) is 13.7. The molecule has 1 atom stereocenters. The van der Waals surface area contributed by atoms with Gasteiger partial charge in [0.05, 0.1) is 5.02 Å². The number of nitrogens with one attached hydrogen (secondary N) is 2. The van der Waals surface area contributed by atoms with Crippen molar-refractivity contribution in [2.75, 3.05) is 13.2 Å². The summed E-state index contributed by atoms with van der Waals surface area (Å²) >= 11 is 12.6. The summed E-state index contributed by atoms with van der Waals surface area (Å²) in [6, 6.07) is 3.29. The second kappa shape index (κ2) is 14.6. The number of unbranched alkanes of at least 4 members (excludes halogenated alkanes) is 1. The van der Waals surface area contributed by atoms with Gasteiger partial charge in [0.1, 0.15) is 17.0 Å². The highest BCUT2D eigenvalue weighted by Gasteiger charge is 2.35. The monoisotopic (exact) mass is 588 g/mol. The molecule has 1 unspecified atom stereocenters. The van der Waals surface area contributed by atoms with Crippen molar-refractivity contribution < 1.29 is 28.6 Å². The third-order valence-corrected chi connectivity index (χ3v) is 5.67. The van der Waals surface area contributed by atoms with E-state index in [4.69, 9.17) is 42.8 Å². The maximum Gasteiger partial charge on any atom is 0.427 e. The molecule has 0 aliphatic heterocycles. The number of benzene rings is 1. The van der Waals surface area contributed by atoms with E-state index in [1.54, 1.807) is 47.6 Å². The summed E-state index contributed by atoms with van der Waals surface area (Å²) in [4.78, 5) is 39.4. The number of hydrogen-bond donors (Lipinski definition) is 2. The lowest BCUT2D eigenvalue weighted by Gasteiger charge is -2.31. The summed E-state index contributed by atoms with van der Waals surface area (Å²) in [7, 11) is 0. The molecular formula is C27H42Cl2N4O6. The second-order valence-electron chi connectivity index (χ2n) is 11.1. The van der Waals surface area contributed by atoms with Crippen LogP contribution < -0.4 is 10.2 Å². The molecule has 39 heavy (non-hydrogen) atoms. The van der Waals surface area contributed by atoms with Crippen molar-refractivity contribution in [1.29, 1.82) is 5.41 Å². The summed E-state index contributed by atoms with van der Waals surface area (Å²) in [6.45, 7) is 15.4.